The van der Waals surface area contributed by atoms with Crippen molar-refractivity contribution in [3.8, 4) is 0 Å². The molecule has 0 aromatic carbocycles. The van der Waals surface area contributed by atoms with E-state index in [2.05, 4.69) is 5.32 Å². The SMILES string of the molecule is COCC1(CNC(=O)C2CCCCC2)CCC1. The van der Waals surface area contributed by atoms with Crippen molar-refractivity contribution < 1.29 is 9.53 Å². The van der Waals surface area contributed by atoms with Crippen LogP contribution < -0.4 is 5.32 Å². The molecule has 0 aromatic heterocycles. The standard InChI is InChI=1S/C14H25NO2/c1-17-11-14(8-5-9-14)10-15-13(16)12-6-3-2-4-7-12/h12H,2-11H2,1H3,(H,15,16). The van der Waals surface area contributed by atoms with E-state index in [1.807, 2.05) is 0 Å². The monoisotopic (exact) mass is 239 g/mol. The molecule has 0 bridgehead atoms. The number of hydrogen-bond acceptors (Lipinski definition) is 2. The van der Waals surface area contributed by atoms with E-state index in [0.29, 0.717) is 0 Å². The normalized spacial score (nSPS) is 24.1. The van der Waals surface area contributed by atoms with E-state index in [1.54, 1.807) is 7.11 Å². The van der Waals surface area contributed by atoms with Gasteiger partial charge in [-0.1, -0.05) is 25.7 Å². The first-order chi connectivity index (χ1) is 8.26. The van der Waals surface area contributed by atoms with Gasteiger partial charge >= 0.3 is 0 Å². The van der Waals surface area contributed by atoms with Gasteiger partial charge in [-0.2, -0.15) is 0 Å². The Labute approximate surface area is 104 Å². The van der Waals surface area contributed by atoms with Gasteiger partial charge in [0.05, 0.1) is 6.61 Å². The summed E-state index contributed by atoms with van der Waals surface area (Å²) >= 11 is 0. The van der Waals surface area contributed by atoms with Crippen molar-refractivity contribution in [2.45, 2.75) is 51.4 Å². The summed E-state index contributed by atoms with van der Waals surface area (Å²) in [5, 5.41) is 3.16. The Morgan fingerprint density at radius 2 is 1.94 bits per heavy atom. The van der Waals surface area contributed by atoms with Crippen LogP contribution in [0.5, 0.6) is 0 Å². The Morgan fingerprint density at radius 1 is 1.24 bits per heavy atom. The van der Waals surface area contributed by atoms with Gasteiger partial charge in [0.2, 0.25) is 5.91 Å². The summed E-state index contributed by atoms with van der Waals surface area (Å²) in [6, 6.07) is 0. The molecular formula is C14H25NO2. The number of nitrogens with one attached hydrogen (secondary N) is 1. The van der Waals surface area contributed by atoms with Gasteiger partial charge in [0, 0.05) is 25.0 Å². The van der Waals surface area contributed by atoms with E-state index in [1.165, 1.54) is 38.5 Å². The average Bonchev–Trinajstić information content (AvgIpc) is 2.33. The van der Waals surface area contributed by atoms with E-state index in [-0.39, 0.29) is 17.2 Å². The molecule has 0 radical (unpaired) electrons. The number of hydrogen-bond donors (Lipinski definition) is 1. The second kappa shape index (κ2) is 5.85. The van der Waals surface area contributed by atoms with Gasteiger partial charge in [-0.25, -0.2) is 0 Å². The summed E-state index contributed by atoms with van der Waals surface area (Å²) in [5.41, 5.74) is 0.249. The molecule has 2 saturated carbocycles. The van der Waals surface area contributed by atoms with Crippen LogP contribution in [-0.4, -0.2) is 26.2 Å². The predicted molar refractivity (Wildman–Crippen MR) is 67.7 cm³/mol. The number of carbonyl (C=O) groups is 1. The van der Waals surface area contributed by atoms with Gasteiger partial charge in [0.1, 0.15) is 0 Å². The molecule has 3 heteroatoms. The first-order valence-electron chi connectivity index (χ1n) is 7.02. The molecule has 17 heavy (non-hydrogen) atoms. The minimum atomic E-state index is 0.249. The number of rotatable bonds is 5. The lowest BCUT2D eigenvalue weighted by Crippen LogP contribution is -2.46. The third-order valence-electron chi connectivity index (χ3n) is 4.48. The minimum Gasteiger partial charge on any atom is -0.384 e. The van der Waals surface area contributed by atoms with Crippen LogP contribution in [0.1, 0.15) is 51.4 Å². The van der Waals surface area contributed by atoms with Crippen molar-refractivity contribution >= 4 is 5.91 Å². The predicted octanol–water partition coefficient (Wildman–Crippen LogP) is 2.50. The summed E-state index contributed by atoms with van der Waals surface area (Å²) in [7, 11) is 1.75. The summed E-state index contributed by atoms with van der Waals surface area (Å²) in [6.07, 6.45) is 9.60. The van der Waals surface area contributed by atoms with E-state index in [4.69, 9.17) is 4.74 Å². The third kappa shape index (κ3) is 3.21. The molecule has 1 amide bonds. The quantitative estimate of drug-likeness (QED) is 0.800. The molecular weight excluding hydrogens is 214 g/mol. The van der Waals surface area contributed by atoms with Crippen molar-refractivity contribution in [2.24, 2.45) is 11.3 Å². The lowest BCUT2D eigenvalue weighted by atomic mass is 9.69. The zero-order valence-corrected chi connectivity index (χ0v) is 11.0. The van der Waals surface area contributed by atoms with Crippen LogP contribution in [0, 0.1) is 11.3 Å². The van der Waals surface area contributed by atoms with Crippen LogP contribution >= 0.6 is 0 Å². The number of amides is 1. The zero-order valence-electron chi connectivity index (χ0n) is 11.0. The summed E-state index contributed by atoms with van der Waals surface area (Å²) in [4.78, 5) is 12.0. The van der Waals surface area contributed by atoms with Gasteiger partial charge in [-0.05, 0) is 25.7 Å². The van der Waals surface area contributed by atoms with Crippen LogP contribution in [0.4, 0.5) is 0 Å². The summed E-state index contributed by atoms with van der Waals surface area (Å²) < 4.78 is 5.28. The Morgan fingerprint density at radius 3 is 2.47 bits per heavy atom. The minimum absolute atomic E-state index is 0.249. The van der Waals surface area contributed by atoms with E-state index >= 15 is 0 Å². The first-order valence-corrected chi connectivity index (χ1v) is 7.02. The number of carbonyl (C=O) groups excluding carboxylic acids is 1. The molecule has 2 aliphatic carbocycles. The highest BCUT2D eigenvalue weighted by Crippen LogP contribution is 2.40. The van der Waals surface area contributed by atoms with Gasteiger partial charge < -0.3 is 10.1 Å². The lowest BCUT2D eigenvalue weighted by molar-refractivity contribution is -0.127. The van der Waals surface area contributed by atoms with Crippen molar-refractivity contribution in [2.75, 3.05) is 20.3 Å². The average molecular weight is 239 g/mol. The zero-order chi connectivity index (χ0) is 12.1. The fourth-order valence-corrected chi connectivity index (χ4v) is 3.14. The van der Waals surface area contributed by atoms with E-state index in [0.717, 1.165) is 26.0 Å². The molecule has 98 valence electrons. The Balaban J connectivity index is 1.74. The van der Waals surface area contributed by atoms with Crippen molar-refractivity contribution in [3.63, 3.8) is 0 Å². The van der Waals surface area contributed by atoms with Crippen molar-refractivity contribution in [1.82, 2.24) is 5.32 Å². The molecule has 0 atom stereocenters. The maximum absolute atomic E-state index is 12.0. The van der Waals surface area contributed by atoms with Crippen LogP contribution in [0.2, 0.25) is 0 Å². The van der Waals surface area contributed by atoms with Gasteiger partial charge in [-0.15, -0.1) is 0 Å². The molecule has 1 N–H and O–H groups in total. The summed E-state index contributed by atoms with van der Waals surface area (Å²) in [5.74, 6) is 0.565. The van der Waals surface area contributed by atoms with Crippen LogP contribution in [0.25, 0.3) is 0 Å². The maximum Gasteiger partial charge on any atom is 0.223 e. The molecule has 2 fully saturated rings. The van der Waals surface area contributed by atoms with Gasteiger partial charge in [0.25, 0.3) is 0 Å². The highest BCUT2D eigenvalue weighted by atomic mass is 16.5. The molecule has 0 aromatic rings. The molecule has 3 nitrogen and oxygen atoms in total. The first kappa shape index (κ1) is 12.9. The van der Waals surface area contributed by atoms with E-state index in [9.17, 15) is 4.79 Å². The second-order valence-corrected chi connectivity index (χ2v) is 5.84. The topological polar surface area (TPSA) is 38.3 Å². The number of ether oxygens (including phenoxy) is 1. The Kier molecular flexibility index (Phi) is 4.43. The van der Waals surface area contributed by atoms with Gasteiger partial charge in [-0.3, -0.25) is 4.79 Å². The summed E-state index contributed by atoms with van der Waals surface area (Å²) in [6.45, 7) is 1.61. The van der Waals surface area contributed by atoms with Crippen LogP contribution in [0.3, 0.4) is 0 Å². The Hall–Kier alpha value is -0.570. The Bertz CT molecular complexity index is 255. The highest BCUT2D eigenvalue weighted by molar-refractivity contribution is 5.78. The van der Waals surface area contributed by atoms with Crippen LogP contribution in [-0.2, 0) is 9.53 Å². The van der Waals surface area contributed by atoms with E-state index < -0.39 is 0 Å². The molecule has 2 aliphatic rings. The maximum atomic E-state index is 12.0. The molecule has 0 aliphatic heterocycles. The largest absolute Gasteiger partial charge is 0.384 e. The fourth-order valence-electron chi connectivity index (χ4n) is 3.14. The molecule has 0 unspecified atom stereocenters. The fraction of sp³-hybridized carbons (Fsp3) is 0.929. The number of methoxy groups -OCH3 is 1. The smallest absolute Gasteiger partial charge is 0.223 e. The van der Waals surface area contributed by atoms with Gasteiger partial charge in [0.15, 0.2) is 0 Å². The second-order valence-electron chi connectivity index (χ2n) is 5.84. The molecule has 0 saturated heterocycles. The molecule has 0 heterocycles. The van der Waals surface area contributed by atoms with Crippen molar-refractivity contribution in [1.29, 1.82) is 0 Å². The molecule has 2 rings (SSSR count). The van der Waals surface area contributed by atoms with Crippen LogP contribution in [0.15, 0.2) is 0 Å². The lowest BCUT2D eigenvalue weighted by Gasteiger charge is -2.41. The molecule has 0 spiro atoms. The van der Waals surface area contributed by atoms with Crippen molar-refractivity contribution in [3.05, 3.63) is 0 Å². The third-order valence-corrected chi connectivity index (χ3v) is 4.48. The highest BCUT2D eigenvalue weighted by Gasteiger charge is 2.37.